The Balaban J connectivity index is 1.47. The molecular formula is C23H25N3O2. The van der Waals surface area contributed by atoms with Gasteiger partial charge < -0.3 is 10.4 Å². The Hall–Kier alpha value is -2.92. The average Bonchev–Trinajstić information content (AvgIpc) is 3.17. The zero-order valence-corrected chi connectivity index (χ0v) is 15.9. The summed E-state index contributed by atoms with van der Waals surface area (Å²) in [6.07, 6.45) is 1.97. The topological polar surface area (TPSA) is 78.0 Å². The average molecular weight is 375 g/mol. The van der Waals surface area contributed by atoms with Crippen LogP contribution in [0.2, 0.25) is 0 Å². The molecule has 3 N–H and O–H groups in total. The van der Waals surface area contributed by atoms with Gasteiger partial charge in [-0.05, 0) is 43.7 Å². The molecule has 1 atom stereocenters. The fourth-order valence-corrected chi connectivity index (χ4v) is 3.72. The molecule has 0 spiro atoms. The Labute approximate surface area is 164 Å². The molecule has 144 valence electrons. The van der Waals surface area contributed by atoms with Crippen molar-refractivity contribution in [1.82, 2.24) is 15.5 Å². The molecule has 1 aromatic heterocycles. The van der Waals surface area contributed by atoms with Crippen molar-refractivity contribution in [2.24, 2.45) is 5.92 Å². The summed E-state index contributed by atoms with van der Waals surface area (Å²) in [6.45, 7) is 2.04. The van der Waals surface area contributed by atoms with Crippen LogP contribution in [0.4, 0.5) is 0 Å². The number of aromatic nitrogens is 2. The number of carbonyl (C=O) groups is 1. The first-order chi connectivity index (χ1) is 13.6. The molecule has 2 aromatic carbocycles. The number of nitrogens with zero attached hydrogens (tertiary/aromatic N) is 1. The minimum Gasteiger partial charge on any atom is -0.393 e. The van der Waals surface area contributed by atoms with Crippen molar-refractivity contribution in [2.45, 2.75) is 38.3 Å². The maximum Gasteiger partial charge on any atom is 0.269 e. The normalized spacial score (nSPS) is 19.6. The van der Waals surface area contributed by atoms with E-state index in [1.54, 1.807) is 6.07 Å². The van der Waals surface area contributed by atoms with E-state index in [1.807, 2.05) is 49.4 Å². The Bertz CT molecular complexity index is 928. The molecule has 3 aromatic rings. The van der Waals surface area contributed by atoms with Crippen LogP contribution in [-0.4, -0.2) is 33.4 Å². The van der Waals surface area contributed by atoms with Crippen molar-refractivity contribution < 1.29 is 9.90 Å². The largest absolute Gasteiger partial charge is 0.393 e. The van der Waals surface area contributed by atoms with Crippen LogP contribution in [0.3, 0.4) is 0 Å². The standard InChI is InChI=1S/C23H25N3O2/c1-15-7-9-17(10-8-15)21-14-22(26-25-21)23(28)24-20(18-12-19(27)13-18)11-16-5-3-2-4-6-16/h2-10,14,18-20,27H,11-13H2,1H3,(H,24,28)(H,25,26)/t18?,19?,20-/m1/s1. The molecule has 0 unspecified atom stereocenters. The smallest absolute Gasteiger partial charge is 0.269 e. The van der Waals surface area contributed by atoms with E-state index >= 15 is 0 Å². The Morgan fingerprint density at radius 1 is 1.18 bits per heavy atom. The first kappa shape index (κ1) is 18.4. The molecule has 1 saturated carbocycles. The van der Waals surface area contributed by atoms with E-state index in [9.17, 15) is 9.90 Å². The highest BCUT2D eigenvalue weighted by molar-refractivity contribution is 5.93. The maximum atomic E-state index is 12.8. The molecule has 5 heteroatoms. The van der Waals surface area contributed by atoms with Crippen LogP contribution >= 0.6 is 0 Å². The van der Waals surface area contributed by atoms with Gasteiger partial charge in [0.25, 0.3) is 5.91 Å². The molecular weight excluding hydrogens is 350 g/mol. The summed E-state index contributed by atoms with van der Waals surface area (Å²) in [5.74, 6) is 0.131. The number of amides is 1. The van der Waals surface area contributed by atoms with Crippen LogP contribution in [0, 0.1) is 12.8 Å². The van der Waals surface area contributed by atoms with E-state index in [0.29, 0.717) is 11.6 Å². The molecule has 28 heavy (non-hydrogen) atoms. The number of hydrogen-bond acceptors (Lipinski definition) is 3. The van der Waals surface area contributed by atoms with Crippen LogP contribution in [0.1, 0.15) is 34.5 Å². The van der Waals surface area contributed by atoms with Crippen LogP contribution in [0.5, 0.6) is 0 Å². The molecule has 4 rings (SSSR count). The molecule has 1 aliphatic carbocycles. The van der Waals surface area contributed by atoms with Gasteiger partial charge >= 0.3 is 0 Å². The Morgan fingerprint density at radius 2 is 1.89 bits per heavy atom. The molecule has 0 radical (unpaired) electrons. The molecule has 1 fully saturated rings. The fraction of sp³-hybridized carbons (Fsp3) is 0.304. The van der Waals surface area contributed by atoms with Gasteiger partial charge in [-0.1, -0.05) is 60.2 Å². The van der Waals surface area contributed by atoms with Crippen molar-refractivity contribution in [1.29, 1.82) is 0 Å². The summed E-state index contributed by atoms with van der Waals surface area (Å²) >= 11 is 0. The monoisotopic (exact) mass is 375 g/mol. The fourth-order valence-electron chi connectivity index (χ4n) is 3.72. The van der Waals surface area contributed by atoms with E-state index in [1.165, 1.54) is 11.1 Å². The third-order valence-corrected chi connectivity index (χ3v) is 5.50. The van der Waals surface area contributed by atoms with E-state index in [4.69, 9.17) is 0 Å². The summed E-state index contributed by atoms with van der Waals surface area (Å²) in [6, 6.07) is 20.0. The van der Waals surface area contributed by atoms with Crippen LogP contribution in [0.15, 0.2) is 60.7 Å². The number of H-pyrrole nitrogens is 1. The number of aromatic amines is 1. The summed E-state index contributed by atoms with van der Waals surface area (Å²) in [5, 5.41) is 20.0. The lowest BCUT2D eigenvalue weighted by molar-refractivity contribution is 0.0239. The molecule has 1 heterocycles. The highest BCUT2D eigenvalue weighted by Crippen LogP contribution is 2.32. The summed E-state index contributed by atoms with van der Waals surface area (Å²) in [4.78, 5) is 12.8. The molecule has 1 amide bonds. The van der Waals surface area contributed by atoms with Gasteiger partial charge in [0.15, 0.2) is 0 Å². The van der Waals surface area contributed by atoms with Gasteiger partial charge in [0, 0.05) is 11.6 Å². The Morgan fingerprint density at radius 3 is 2.57 bits per heavy atom. The second kappa shape index (κ2) is 7.98. The SMILES string of the molecule is Cc1ccc(-c2cc(C(=O)N[C@H](Cc3ccccc3)C3CC(O)C3)[nH]n2)cc1. The van der Waals surface area contributed by atoms with Crippen molar-refractivity contribution in [3.63, 3.8) is 0 Å². The summed E-state index contributed by atoms with van der Waals surface area (Å²) in [7, 11) is 0. The van der Waals surface area contributed by atoms with Crippen molar-refractivity contribution in [2.75, 3.05) is 0 Å². The number of benzene rings is 2. The van der Waals surface area contributed by atoms with Gasteiger partial charge in [-0.15, -0.1) is 0 Å². The quantitative estimate of drug-likeness (QED) is 0.617. The highest BCUT2D eigenvalue weighted by atomic mass is 16.3. The molecule has 5 nitrogen and oxygen atoms in total. The number of nitrogens with one attached hydrogen (secondary N) is 2. The predicted molar refractivity (Wildman–Crippen MR) is 109 cm³/mol. The van der Waals surface area contributed by atoms with Gasteiger partial charge in [-0.2, -0.15) is 5.10 Å². The van der Waals surface area contributed by atoms with Gasteiger partial charge in [0.1, 0.15) is 5.69 Å². The first-order valence-corrected chi connectivity index (χ1v) is 9.74. The molecule has 0 bridgehead atoms. The summed E-state index contributed by atoms with van der Waals surface area (Å²) < 4.78 is 0. The van der Waals surface area contributed by atoms with Crippen LogP contribution in [-0.2, 0) is 6.42 Å². The summed E-state index contributed by atoms with van der Waals surface area (Å²) in [5.41, 5.74) is 4.55. The molecule has 1 aliphatic rings. The number of aryl methyl sites for hydroxylation is 1. The lowest BCUT2D eigenvalue weighted by Gasteiger charge is -2.38. The van der Waals surface area contributed by atoms with E-state index in [0.717, 1.165) is 30.5 Å². The Kier molecular flexibility index (Phi) is 5.26. The number of carbonyl (C=O) groups excluding carboxylic acids is 1. The number of aliphatic hydroxyl groups is 1. The van der Waals surface area contributed by atoms with Crippen LogP contribution in [0.25, 0.3) is 11.3 Å². The zero-order valence-electron chi connectivity index (χ0n) is 15.9. The zero-order chi connectivity index (χ0) is 19.5. The van der Waals surface area contributed by atoms with E-state index in [-0.39, 0.29) is 18.1 Å². The van der Waals surface area contributed by atoms with E-state index in [2.05, 4.69) is 27.6 Å². The van der Waals surface area contributed by atoms with Crippen molar-refractivity contribution >= 4 is 5.91 Å². The van der Waals surface area contributed by atoms with Gasteiger partial charge in [-0.3, -0.25) is 9.89 Å². The third kappa shape index (κ3) is 4.15. The number of hydrogen-bond donors (Lipinski definition) is 3. The number of rotatable bonds is 6. The van der Waals surface area contributed by atoms with Crippen LogP contribution < -0.4 is 5.32 Å². The second-order valence-corrected chi connectivity index (χ2v) is 7.69. The predicted octanol–water partition coefficient (Wildman–Crippen LogP) is 3.50. The van der Waals surface area contributed by atoms with Gasteiger partial charge in [0.2, 0.25) is 0 Å². The first-order valence-electron chi connectivity index (χ1n) is 9.74. The minimum atomic E-state index is -0.250. The van der Waals surface area contributed by atoms with E-state index < -0.39 is 0 Å². The second-order valence-electron chi connectivity index (χ2n) is 7.69. The maximum absolute atomic E-state index is 12.8. The molecule has 0 aliphatic heterocycles. The van der Waals surface area contributed by atoms with Gasteiger partial charge in [0.05, 0.1) is 11.8 Å². The minimum absolute atomic E-state index is 0.00979. The number of aliphatic hydroxyl groups excluding tert-OH is 1. The van der Waals surface area contributed by atoms with Crippen molar-refractivity contribution in [3.8, 4) is 11.3 Å². The van der Waals surface area contributed by atoms with Crippen molar-refractivity contribution in [3.05, 3.63) is 77.5 Å². The molecule has 0 saturated heterocycles. The third-order valence-electron chi connectivity index (χ3n) is 5.50. The van der Waals surface area contributed by atoms with Gasteiger partial charge in [-0.25, -0.2) is 0 Å². The lowest BCUT2D eigenvalue weighted by Crippen LogP contribution is -2.48. The lowest BCUT2D eigenvalue weighted by atomic mass is 9.75. The highest BCUT2D eigenvalue weighted by Gasteiger charge is 2.35.